The Balaban J connectivity index is 1.71. The molecule has 0 bridgehead atoms. The summed E-state index contributed by atoms with van der Waals surface area (Å²) in [6, 6.07) is 23.6. The SMILES string of the molecule is Cc1c(N=Cc2cccn2-c2ccc3ccccc3c2)cccc1C(=O)O. The number of carboxylic acids is 1. The van der Waals surface area contributed by atoms with E-state index in [2.05, 4.69) is 39.9 Å². The van der Waals surface area contributed by atoms with Crippen LogP contribution in [0.25, 0.3) is 16.5 Å². The molecule has 1 heterocycles. The molecular formula is C23H18N2O2. The van der Waals surface area contributed by atoms with Crippen molar-refractivity contribution in [2.24, 2.45) is 4.99 Å². The first-order chi connectivity index (χ1) is 13.1. The second kappa shape index (κ2) is 6.92. The Morgan fingerprint density at radius 2 is 1.78 bits per heavy atom. The maximum atomic E-state index is 11.3. The molecule has 0 radical (unpaired) electrons. The molecule has 27 heavy (non-hydrogen) atoms. The summed E-state index contributed by atoms with van der Waals surface area (Å²) in [7, 11) is 0. The van der Waals surface area contributed by atoms with Gasteiger partial charge in [-0.1, -0.05) is 36.4 Å². The van der Waals surface area contributed by atoms with E-state index >= 15 is 0 Å². The highest BCUT2D eigenvalue weighted by Crippen LogP contribution is 2.23. The first-order valence-electron chi connectivity index (χ1n) is 8.67. The number of aliphatic imine (C=N–C) groups is 1. The molecule has 0 saturated heterocycles. The molecule has 4 heteroatoms. The zero-order valence-corrected chi connectivity index (χ0v) is 14.8. The minimum atomic E-state index is -0.941. The third-order valence-electron chi connectivity index (χ3n) is 4.66. The first-order valence-corrected chi connectivity index (χ1v) is 8.67. The number of hydrogen-bond donors (Lipinski definition) is 1. The average molecular weight is 354 g/mol. The van der Waals surface area contributed by atoms with E-state index < -0.39 is 5.97 Å². The molecule has 1 aromatic heterocycles. The number of aromatic carboxylic acids is 1. The molecule has 0 saturated carbocycles. The normalized spacial score (nSPS) is 11.3. The quantitative estimate of drug-likeness (QED) is 0.500. The van der Waals surface area contributed by atoms with Crippen LogP contribution in [0.2, 0.25) is 0 Å². The Labute approximate surface area is 157 Å². The van der Waals surface area contributed by atoms with Gasteiger partial charge in [-0.15, -0.1) is 0 Å². The number of nitrogens with zero attached hydrogens (tertiary/aromatic N) is 2. The molecule has 0 aliphatic carbocycles. The standard InChI is InChI=1S/C23H18N2O2/c1-16-21(23(26)27)9-4-10-22(16)24-15-20-8-5-13-25(20)19-12-11-17-6-2-3-7-18(17)14-19/h2-15H,1H3,(H,26,27). The van der Waals surface area contributed by atoms with Crippen LogP contribution in [0.5, 0.6) is 0 Å². The number of fused-ring (bicyclic) bond motifs is 1. The van der Waals surface area contributed by atoms with E-state index in [1.807, 2.05) is 36.5 Å². The lowest BCUT2D eigenvalue weighted by Crippen LogP contribution is -2.00. The van der Waals surface area contributed by atoms with Gasteiger partial charge < -0.3 is 9.67 Å². The molecule has 4 rings (SSSR count). The van der Waals surface area contributed by atoms with Crippen molar-refractivity contribution in [3.05, 3.63) is 95.8 Å². The molecule has 4 aromatic rings. The lowest BCUT2D eigenvalue weighted by molar-refractivity contribution is 0.0696. The topological polar surface area (TPSA) is 54.6 Å². The van der Waals surface area contributed by atoms with Crippen LogP contribution in [0.1, 0.15) is 21.6 Å². The molecule has 1 N–H and O–H groups in total. The summed E-state index contributed by atoms with van der Waals surface area (Å²) >= 11 is 0. The van der Waals surface area contributed by atoms with Crippen LogP contribution in [0.4, 0.5) is 5.69 Å². The third kappa shape index (κ3) is 3.25. The zero-order chi connectivity index (χ0) is 18.8. The van der Waals surface area contributed by atoms with Gasteiger partial charge in [-0.2, -0.15) is 0 Å². The van der Waals surface area contributed by atoms with Gasteiger partial charge in [0.2, 0.25) is 0 Å². The average Bonchev–Trinajstić information content (AvgIpc) is 3.15. The van der Waals surface area contributed by atoms with E-state index in [1.165, 1.54) is 10.8 Å². The molecule has 3 aromatic carbocycles. The van der Waals surface area contributed by atoms with Crippen molar-refractivity contribution in [1.29, 1.82) is 0 Å². The van der Waals surface area contributed by atoms with Crippen molar-refractivity contribution < 1.29 is 9.90 Å². The first kappa shape index (κ1) is 16.8. The number of benzene rings is 3. The van der Waals surface area contributed by atoms with Crippen LogP contribution in [0, 0.1) is 6.92 Å². The zero-order valence-electron chi connectivity index (χ0n) is 14.8. The Kier molecular flexibility index (Phi) is 4.30. The maximum absolute atomic E-state index is 11.3. The van der Waals surface area contributed by atoms with Gasteiger partial charge in [-0.05, 0) is 59.7 Å². The highest BCUT2D eigenvalue weighted by molar-refractivity contribution is 5.92. The lowest BCUT2D eigenvalue weighted by atomic mass is 10.1. The summed E-state index contributed by atoms with van der Waals surface area (Å²) in [4.78, 5) is 15.8. The van der Waals surface area contributed by atoms with E-state index in [9.17, 15) is 9.90 Å². The monoisotopic (exact) mass is 354 g/mol. The van der Waals surface area contributed by atoms with Gasteiger partial charge in [0, 0.05) is 11.9 Å². The van der Waals surface area contributed by atoms with Crippen molar-refractivity contribution in [2.45, 2.75) is 6.92 Å². The molecule has 0 aliphatic heterocycles. The fourth-order valence-electron chi connectivity index (χ4n) is 3.19. The van der Waals surface area contributed by atoms with Crippen molar-refractivity contribution in [3.63, 3.8) is 0 Å². The van der Waals surface area contributed by atoms with Gasteiger partial charge in [0.05, 0.1) is 23.2 Å². The maximum Gasteiger partial charge on any atom is 0.336 e. The third-order valence-corrected chi connectivity index (χ3v) is 4.66. The number of carboxylic acid groups (broad SMARTS) is 1. The second-order valence-corrected chi connectivity index (χ2v) is 6.35. The number of carbonyl (C=O) groups is 1. The number of rotatable bonds is 4. The lowest BCUT2D eigenvalue weighted by Gasteiger charge is -2.08. The van der Waals surface area contributed by atoms with Crippen LogP contribution in [0.15, 0.2) is 84.0 Å². The van der Waals surface area contributed by atoms with Gasteiger partial charge in [0.15, 0.2) is 0 Å². The number of hydrogen-bond acceptors (Lipinski definition) is 2. The molecule has 0 aliphatic rings. The van der Waals surface area contributed by atoms with Crippen LogP contribution in [-0.2, 0) is 0 Å². The Hall–Kier alpha value is -3.66. The van der Waals surface area contributed by atoms with Crippen molar-refractivity contribution >= 4 is 28.6 Å². The predicted molar refractivity (Wildman–Crippen MR) is 109 cm³/mol. The van der Waals surface area contributed by atoms with E-state index in [0.29, 0.717) is 11.3 Å². The Morgan fingerprint density at radius 1 is 0.963 bits per heavy atom. The minimum Gasteiger partial charge on any atom is -0.478 e. The van der Waals surface area contributed by atoms with E-state index in [-0.39, 0.29) is 5.56 Å². The summed E-state index contributed by atoms with van der Waals surface area (Å²) < 4.78 is 2.06. The summed E-state index contributed by atoms with van der Waals surface area (Å²) in [5.74, 6) is -0.941. The summed E-state index contributed by atoms with van der Waals surface area (Å²) in [5.41, 5.74) is 3.56. The van der Waals surface area contributed by atoms with Crippen LogP contribution in [-0.4, -0.2) is 21.9 Å². The molecule has 0 fully saturated rings. The van der Waals surface area contributed by atoms with Gasteiger partial charge in [0.25, 0.3) is 0 Å². The highest BCUT2D eigenvalue weighted by atomic mass is 16.4. The largest absolute Gasteiger partial charge is 0.478 e. The molecule has 0 unspecified atom stereocenters. The highest BCUT2D eigenvalue weighted by Gasteiger charge is 2.09. The summed E-state index contributed by atoms with van der Waals surface area (Å²) in [6.45, 7) is 1.78. The minimum absolute atomic E-state index is 0.273. The summed E-state index contributed by atoms with van der Waals surface area (Å²) in [6.07, 6.45) is 3.76. The van der Waals surface area contributed by atoms with Gasteiger partial charge in [-0.3, -0.25) is 4.99 Å². The van der Waals surface area contributed by atoms with Crippen molar-refractivity contribution in [1.82, 2.24) is 4.57 Å². The van der Waals surface area contributed by atoms with Crippen molar-refractivity contribution in [2.75, 3.05) is 0 Å². The van der Waals surface area contributed by atoms with Crippen LogP contribution in [0.3, 0.4) is 0 Å². The fraction of sp³-hybridized carbons (Fsp3) is 0.0435. The predicted octanol–water partition coefficient (Wildman–Crippen LogP) is 5.39. The molecular weight excluding hydrogens is 336 g/mol. The summed E-state index contributed by atoms with van der Waals surface area (Å²) in [5, 5.41) is 11.6. The second-order valence-electron chi connectivity index (χ2n) is 6.35. The number of aromatic nitrogens is 1. The Morgan fingerprint density at radius 3 is 2.59 bits per heavy atom. The van der Waals surface area contributed by atoms with Gasteiger partial charge in [0.1, 0.15) is 0 Å². The molecule has 0 atom stereocenters. The van der Waals surface area contributed by atoms with E-state index in [4.69, 9.17) is 0 Å². The smallest absolute Gasteiger partial charge is 0.336 e. The molecule has 0 spiro atoms. The fourth-order valence-corrected chi connectivity index (χ4v) is 3.19. The van der Waals surface area contributed by atoms with E-state index in [0.717, 1.165) is 11.4 Å². The van der Waals surface area contributed by atoms with Gasteiger partial charge >= 0.3 is 5.97 Å². The molecule has 132 valence electrons. The van der Waals surface area contributed by atoms with Crippen LogP contribution < -0.4 is 0 Å². The molecule has 4 nitrogen and oxygen atoms in total. The van der Waals surface area contributed by atoms with Crippen molar-refractivity contribution in [3.8, 4) is 5.69 Å². The molecule has 0 amide bonds. The Bertz CT molecular complexity index is 1170. The van der Waals surface area contributed by atoms with Gasteiger partial charge in [-0.25, -0.2) is 4.79 Å². The van der Waals surface area contributed by atoms with Crippen LogP contribution >= 0.6 is 0 Å². The van der Waals surface area contributed by atoms with E-state index in [1.54, 1.807) is 25.3 Å².